The maximum Gasteiger partial charge on any atom is 0.224 e. The molecule has 0 aliphatic carbocycles. The molecular weight excluding hydrogens is 212 g/mol. The second-order valence-corrected chi connectivity index (χ2v) is 4.35. The van der Waals surface area contributed by atoms with Crippen LogP contribution in [0.4, 0.5) is 5.95 Å². The van der Waals surface area contributed by atoms with Crippen molar-refractivity contribution >= 4 is 17.5 Å². The van der Waals surface area contributed by atoms with Gasteiger partial charge in [-0.05, 0) is 26.8 Å². The molecule has 5 heteroatoms. The van der Waals surface area contributed by atoms with E-state index < -0.39 is 0 Å². The van der Waals surface area contributed by atoms with Crippen LogP contribution in [0.3, 0.4) is 0 Å². The van der Waals surface area contributed by atoms with Gasteiger partial charge in [-0.1, -0.05) is 11.6 Å². The molecule has 82 valence electrons. The summed E-state index contributed by atoms with van der Waals surface area (Å²) in [5, 5.41) is 7.02. The van der Waals surface area contributed by atoms with Gasteiger partial charge in [-0.25, -0.2) is 9.97 Å². The van der Waals surface area contributed by atoms with Crippen LogP contribution >= 0.6 is 11.6 Å². The first-order chi connectivity index (χ1) is 7.16. The predicted molar refractivity (Wildman–Crippen MR) is 61.2 cm³/mol. The first-order valence-corrected chi connectivity index (χ1v) is 5.57. The molecule has 2 heterocycles. The molecule has 2 rings (SSSR count). The minimum Gasteiger partial charge on any atom is -0.352 e. The van der Waals surface area contributed by atoms with Crippen LogP contribution in [0, 0.1) is 0 Å². The zero-order valence-corrected chi connectivity index (χ0v) is 9.73. The number of rotatable bonds is 2. The third-order valence-corrected chi connectivity index (χ3v) is 2.62. The maximum atomic E-state index is 6.11. The summed E-state index contributed by atoms with van der Waals surface area (Å²) < 4.78 is 0. The van der Waals surface area contributed by atoms with Gasteiger partial charge in [-0.2, -0.15) is 0 Å². The molecule has 1 aromatic rings. The maximum absolute atomic E-state index is 6.11. The lowest BCUT2D eigenvalue weighted by Crippen LogP contribution is -2.26. The van der Waals surface area contributed by atoms with Crippen molar-refractivity contribution in [3.05, 3.63) is 16.4 Å². The fourth-order valence-corrected chi connectivity index (χ4v) is 1.92. The molecule has 0 unspecified atom stereocenters. The monoisotopic (exact) mass is 226 g/mol. The quantitative estimate of drug-likeness (QED) is 0.753. The van der Waals surface area contributed by atoms with Gasteiger partial charge in [-0.3, -0.25) is 0 Å². The molecule has 0 aromatic carbocycles. The summed E-state index contributed by atoms with van der Waals surface area (Å²) in [4.78, 5) is 8.69. The van der Waals surface area contributed by atoms with Crippen LogP contribution < -0.4 is 10.6 Å². The Morgan fingerprint density at radius 3 is 2.93 bits per heavy atom. The zero-order valence-electron chi connectivity index (χ0n) is 8.97. The Morgan fingerprint density at radius 2 is 2.20 bits per heavy atom. The number of aromatic nitrogens is 2. The third kappa shape index (κ3) is 2.38. The van der Waals surface area contributed by atoms with Crippen molar-refractivity contribution in [3.63, 3.8) is 0 Å². The number of hydrogen-bond donors (Lipinski definition) is 2. The molecule has 0 saturated carbocycles. The summed E-state index contributed by atoms with van der Waals surface area (Å²) in [6, 6.07) is 0.315. The molecule has 2 N–H and O–H groups in total. The summed E-state index contributed by atoms with van der Waals surface area (Å²) in [5.74, 6) is 0.623. The Labute approximate surface area is 94.5 Å². The van der Waals surface area contributed by atoms with Crippen LogP contribution in [0.5, 0.6) is 0 Å². The lowest BCUT2D eigenvalue weighted by molar-refractivity contribution is 0.623. The number of fused-ring (bicyclic) bond motifs is 1. The second-order valence-electron chi connectivity index (χ2n) is 3.99. The Kier molecular flexibility index (Phi) is 3.07. The molecule has 0 fully saturated rings. The molecule has 0 saturated heterocycles. The van der Waals surface area contributed by atoms with E-state index in [4.69, 9.17) is 11.6 Å². The summed E-state index contributed by atoms with van der Waals surface area (Å²) in [6.07, 6.45) is 0.913. The van der Waals surface area contributed by atoms with E-state index in [9.17, 15) is 0 Å². The van der Waals surface area contributed by atoms with Gasteiger partial charge in [0.2, 0.25) is 5.95 Å². The lowest BCUT2D eigenvalue weighted by atomic mass is 10.1. The van der Waals surface area contributed by atoms with Crippen LogP contribution in [0.2, 0.25) is 5.15 Å². The molecule has 1 aliphatic rings. The Morgan fingerprint density at radius 1 is 1.40 bits per heavy atom. The first kappa shape index (κ1) is 10.6. The fourth-order valence-electron chi connectivity index (χ4n) is 1.64. The third-order valence-electron chi connectivity index (χ3n) is 2.30. The highest BCUT2D eigenvalue weighted by molar-refractivity contribution is 6.30. The van der Waals surface area contributed by atoms with E-state index in [1.807, 2.05) is 0 Å². The van der Waals surface area contributed by atoms with E-state index >= 15 is 0 Å². The Hall–Kier alpha value is -0.870. The minimum absolute atomic E-state index is 0.315. The predicted octanol–water partition coefficient (Wildman–Crippen LogP) is 1.60. The fraction of sp³-hybridized carbons (Fsp3) is 0.600. The van der Waals surface area contributed by atoms with Crippen molar-refractivity contribution in [3.8, 4) is 0 Å². The van der Waals surface area contributed by atoms with Crippen molar-refractivity contribution in [2.24, 2.45) is 0 Å². The van der Waals surface area contributed by atoms with Crippen LogP contribution in [-0.2, 0) is 13.0 Å². The van der Waals surface area contributed by atoms with E-state index in [2.05, 4.69) is 34.4 Å². The summed E-state index contributed by atoms with van der Waals surface area (Å²) >= 11 is 6.11. The largest absolute Gasteiger partial charge is 0.352 e. The van der Waals surface area contributed by atoms with Crippen molar-refractivity contribution in [2.75, 3.05) is 11.9 Å². The van der Waals surface area contributed by atoms with E-state index in [0.717, 1.165) is 30.8 Å². The molecule has 4 nitrogen and oxygen atoms in total. The molecule has 0 radical (unpaired) electrons. The summed E-state index contributed by atoms with van der Waals surface area (Å²) in [6.45, 7) is 5.83. The van der Waals surface area contributed by atoms with Gasteiger partial charge in [0.25, 0.3) is 0 Å². The highest BCUT2D eigenvalue weighted by Crippen LogP contribution is 2.21. The standard InChI is InChI=1S/C10H15ClN4/c1-6(2)13-10-14-8-5-12-4-3-7(8)9(11)15-10/h6,12H,3-5H2,1-2H3,(H,13,14,15). The van der Waals surface area contributed by atoms with E-state index in [-0.39, 0.29) is 0 Å². The van der Waals surface area contributed by atoms with Crippen LogP contribution in [0.15, 0.2) is 0 Å². The van der Waals surface area contributed by atoms with E-state index in [0.29, 0.717) is 17.1 Å². The van der Waals surface area contributed by atoms with E-state index in [1.54, 1.807) is 0 Å². The average Bonchev–Trinajstić information content (AvgIpc) is 2.16. The molecular formula is C10H15ClN4. The van der Waals surface area contributed by atoms with Crippen molar-refractivity contribution < 1.29 is 0 Å². The van der Waals surface area contributed by atoms with Gasteiger partial charge in [-0.15, -0.1) is 0 Å². The normalized spacial score (nSPS) is 15.2. The molecule has 15 heavy (non-hydrogen) atoms. The van der Waals surface area contributed by atoms with E-state index in [1.165, 1.54) is 0 Å². The van der Waals surface area contributed by atoms with Gasteiger partial charge >= 0.3 is 0 Å². The Bertz CT molecular complexity index is 365. The first-order valence-electron chi connectivity index (χ1n) is 5.19. The molecule has 1 aliphatic heterocycles. The SMILES string of the molecule is CC(C)Nc1nc(Cl)c2c(n1)CNCC2. The van der Waals surface area contributed by atoms with Crippen molar-refractivity contribution in [2.45, 2.75) is 32.9 Å². The topological polar surface area (TPSA) is 49.8 Å². The highest BCUT2D eigenvalue weighted by atomic mass is 35.5. The van der Waals surface area contributed by atoms with Crippen molar-refractivity contribution in [1.29, 1.82) is 0 Å². The summed E-state index contributed by atoms with van der Waals surface area (Å²) in [7, 11) is 0. The number of hydrogen-bond acceptors (Lipinski definition) is 4. The summed E-state index contributed by atoms with van der Waals surface area (Å²) in [5.41, 5.74) is 2.11. The Balaban J connectivity index is 2.32. The van der Waals surface area contributed by atoms with Crippen molar-refractivity contribution in [1.82, 2.24) is 15.3 Å². The molecule has 0 atom stereocenters. The van der Waals surface area contributed by atoms with Crippen LogP contribution in [-0.4, -0.2) is 22.6 Å². The number of nitrogens with zero attached hydrogens (tertiary/aromatic N) is 2. The highest BCUT2D eigenvalue weighted by Gasteiger charge is 2.16. The van der Waals surface area contributed by atoms with Gasteiger partial charge in [0.05, 0.1) is 5.69 Å². The second kappa shape index (κ2) is 4.33. The van der Waals surface area contributed by atoms with Gasteiger partial charge in [0.1, 0.15) is 5.15 Å². The van der Waals surface area contributed by atoms with Crippen LogP contribution in [0.1, 0.15) is 25.1 Å². The van der Waals surface area contributed by atoms with Gasteiger partial charge < -0.3 is 10.6 Å². The number of halogens is 1. The smallest absolute Gasteiger partial charge is 0.224 e. The molecule has 0 amide bonds. The van der Waals surface area contributed by atoms with Crippen LogP contribution in [0.25, 0.3) is 0 Å². The zero-order chi connectivity index (χ0) is 10.8. The number of anilines is 1. The molecule has 0 spiro atoms. The van der Waals surface area contributed by atoms with Gasteiger partial charge in [0, 0.05) is 18.2 Å². The average molecular weight is 227 g/mol. The van der Waals surface area contributed by atoms with Gasteiger partial charge in [0.15, 0.2) is 0 Å². The minimum atomic E-state index is 0.315. The lowest BCUT2D eigenvalue weighted by Gasteiger charge is -2.18. The molecule has 0 bridgehead atoms. The molecule has 1 aromatic heterocycles. The number of nitrogens with one attached hydrogen (secondary N) is 2.